The number of carbonyl (C=O) groups is 2. The second-order valence-corrected chi connectivity index (χ2v) is 4.23. The van der Waals surface area contributed by atoms with Crippen LogP contribution in [0.15, 0.2) is 29.1 Å². The van der Waals surface area contributed by atoms with Crippen molar-refractivity contribution in [1.82, 2.24) is 10.2 Å². The Bertz CT molecular complexity index is 758. The first-order valence-corrected chi connectivity index (χ1v) is 5.82. The first-order valence-electron chi connectivity index (χ1n) is 5.82. The third kappa shape index (κ3) is 1.63. The molecule has 102 valence electrons. The summed E-state index contributed by atoms with van der Waals surface area (Å²) in [5.74, 6) is -1.24. The number of hydrogen-bond donors (Lipinski definition) is 2. The highest BCUT2D eigenvalue weighted by Crippen LogP contribution is 2.35. The quantitative estimate of drug-likeness (QED) is 0.787. The second-order valence-electron chi connectivity index (χ2n) is 4.23. The molecule has 1 aromatic heterocycles. The van der Waals surface area contributed by atoms with Crippen molar-refractivity contribution in [2.45, 2.75) is 6.10 Å². The van der Waals surface area contributed by atoms with Crippen molar-refractivity contribution in [2.24, 2.45) is 0 Å². The van der Waals surface area contributed by atoms with Gasteiger partial charge in [0, 0.05) is 5.56 Å². The molecular weight excluding hydrogens is 264 g/mol. The summed E-state index contributed by atoms with van der Waals surface area (Å²) in [6, 6.07) is 6.71. The maximum atomic E-state index is 11.9. The number of fused-ring (bicyclic) bond motifs is 1. The lowest BCUT2D eigenvalue weighted by Crippen LogP contribution is -2.16. The summed E-state index contributed by atoms with van der Waals surface area (Å²) in [4.78, 5) is 35.3. The Kier molecular flexibility index (Phi) is 2.67. The van der Waals surface area contributed by atoms with E-state index in [0.717, 1.165) is 0 Å². The predicted octanol–water partition coefficient (Wildman–Crippen LogP) is 0.749. The van der Waals surface area contributed by atoms with Gasteiger partial charge in [0.25, 0.3) is 5.56 Å². The summed E-state index contributed by atoms with van der Waals surface area (Å²) in [7, 11) is 1.20. The zero-order valence-corrected chi connectivity index (χ0v) is 10.4. The first-order chi connectivity index (χ1) is 9.63. The van der Waals surface area contributed by atoms with Gasteiger partial charge in [-0.05, 0) is 6.07 Å². The van der Waals surface area contributed by atoms with E-state index in [1.807, 2.05) is 0 Å². The monoisotopic (exact) mass is 274 g/mol. The number of ether oxygens (including phenoxy) is 2. The highest BCUT2D eigenvalue weighted by atomic mass is 16.6. The van der Waals surface area contributed by atoms with E-state index in [0.29, 0.717) is 11.1 Å². The Hall–Kier alpha value is -2.83. The molecular formula is C13H10N2O5. The van der Waals surface area contributed by atoms with E-state index in [2.05, 4.69) is 14.9 Å². The van der Waals surface area contributed by atoms with Gasteiger partial charge in [-0.2, -0.15) is 0 Å². The molecule has 2 heterocycles. The number of esters is 2. The number of carbonyl (C=O) groups excluding carboxylic acids is 2. The Morgan fingerprint density at radius 1 is 1.25 bits per heavy atom. The molecule has 0 fully saturated rings. The van der Waals surface area contributed by atoms with Crippen LogP contribution in [0.2, 0.25) is 0 Å². The number of cyclic esters (lactones) is 1. The predicted molar refractivity (Wildman–Crippen MR) is 66.5 cm³/mol. The van der Waals surface area contributed by atoms with Gasteiger partial charge in [0.05, 0.1) is 18.2 Å². The molecule has 20 heavy (non-hydrogen) atoms. The molecule has 0 bridgehead atoms. The fourth-order valence-electron chi connectivity index (χ4n) is 2.24. The van der Waals surface area contributed by atoms with Crippen LogP contribution in [-0.4, -0.2) is 29.2 Å². The van der Waals surface area contributed by atoms with E-state index in [1.165, 1.54) is 7.11 Å². The van der Waals surface area contributed by atoms with E-state index in [9.17, 15) is 14.4 Å². The van der Waals surface area contributed by atoms with E-state index < -0.39 is 23.6 Å². The van der Waals surface area contributed by atoms with Crippen LogP contribution in [0.25, 0.3) is 0 Å². The molecule has 0 saturated carbocycles. The number of rotatable bonds is 2. The molecule has 2 aromatic rings. The van der Waals surface area contributed by atoms with Crippen molar-refractivity contribution in [3.8, 4) is 0 Å². The van der Waals surface area contributed by atoms with Gasteiger partial charge in [-0.3, -0.25) is 15.0 Å². The maximum absolute atomic E-state index is 11.9. The van der Waals surface area contributed by atoms with Crippen LogP contribution in [0.3, 0.4) is 0 Å². The molecule has 0 saturated heterocycles. The molecule has 0 radical (unpaired) electrons. The molecule has 1 aliphatic rings. The Morgan fingerprint density at radius 3 is 2.75 bits per heavy atom. The maximum Gasteiger partial charge on any atom is 0.356 e. The number of methoxy groups -OCH3 is 1. The van der Waals surface area contributed by atoms with Crippen LogP contribution in [0.1, 0.15) is 38.1 Å². The molecule has 2 N–H and O–H groups in total. The molecule has 1 unspecified atom stereocenters. The van der Waals surface area contributed by atoms with Crippen molar-refractivity contribution >= 4 is 11.9 Å². The molecule has 1 atom stereocenters. The van der Waals surface area contributed by atoms with Gasteiger partial charge in [0.1, 0.15) is 0 Å². The molecule has 0 aliphatic carbocycles. The normalized spacial score (nSPS) is 16.6. The molecule has 0 amide bonds. The third-order valence-corrected chi connectivity index (χ3v) is 3.15. The molecule has 1 aliphatic heterocycles. The van der Waals surface area contributed by atoms with E-state index in [4.69, 9.17) is 4.74 Å². The lowest BCUT2D eigenvalue weighted by Gasteiger charge is -2.09. The summed E-state index contributed by atoms with van der Waals surface area (Å²) >= 11 is 0. The second kappa shape index (κ2) is 4.37. The van der Waals surface area contributed by atoms with Crippen molar-refractivity contribution in [3.05, 3.63) is 57.0 Å². The zero-order valence-electron chi connectivity index (χ0n) is 10.4. The molecule has 7 heteroatoms. The van der Waals surface area contributed by atoms with Gasteiger partial charge in [-0.25, -0.2) is 9.59 Å². The van der Waals surface area contributed by atoms with Crippen LogP contribution in [0.4, 0.5) is 0 Å². The Balaban J connectivity index is 2.17. The average molecular weight is 274 g/mol. The third-order valence-electron chi connectivity index (χ3n) is 3.15. The SMILES string of the molecule is COC(=O)c1[nH][nH]c(=O)c1C1OC(=O)c2ccccc21. The summed E-state index contributed by atoms with van der Waals surface area (Å²) < 4.78 is 9.80. The van der Waals surface area contributed by atoms with Crippen LogP contribution < -0.4 is 5.56 Å². The number of benzene rings is 1. The number of nitrogens with one attached hydrogen (secondary N) is 2. The standard InChI is InChI=1S/C13H10N2O5/c1-19-13(18)9-8(11(16)15-14-9)10-6-4-2-3-5-7(6)12(17)20-10/h2-5,10H,1H3,(H2,14,15,16). The van der Waals surface area contributed by atoms with Crippen LogP contribution in [0, 0.1) is 0 Å². The summed E-state index contributed by atoms with van der Waals surface area (Å²) in [5, 5.41) is 4.75. The Morgan fingerprint density at radius 2 is 2.00 bits per heavy atom. The van der Waals surface area contributed by atoms with Crippen LogP contribution in [-0.2, 0) is 9.47 Å². The highest BCUT2D eigenvalue weighted by molar-refractivity contribution is 5.95. The number of aromatic amines is 2. The smallest absolute Gasteiger partial charge is 0.356 e. The number of H-pyrrole nitrogens is 2. The summed E-state index contributed by atoms with van der Waals surface area (Å²) in [6.45, 7) is 0. The van der Waals surface area contributed by atoms with Crippen molar-refractivity contribution in [3.63, 3.8) is 0 Å². The van der Waals surface area contributed by atoms with E-state index in [1.54, 1.807) is 24.3 Å². The number of hydrogen-bond acceptors (Lipinski definition) is 5. The summed E-state index contributed by atoms with van der Waals surface area (Å²) in [6.07, 6.45) is -0.914. The van der Waals surface area contributed by atoms with Gasteiger partial charge in [-0.1, -0.05) is 18.2 Å². The van der Waals surface area contributed by atoms with Crippen molar-refractivity contribution in [2.75, 3.05) is 7.11 Å². The topological polar surface area (TPSA) is 101 Å². The minimum atomic E-state index is -0.914. The van der Waals surface area contributed by atoms with Crippen molar-refractivity contribution in [1.29, 1.82) is 0 Å². The number of aromatic nitrogens is 2. The lowest BCUT2D eigenvalue weighted by atomic mass is 9.99. The molecule has 7 nitrogen and oxygen atoms in total. The first kappa shape index (κ1) is 12.2. The van der Waals surface area contributed by atoms with E-state index >= 15 is 0 Å². The zero-order chi connectivity index (χ0) is 14.3. The highest BCUT2D eigenvalue weighted by Gasteiger charge is 2.37. The fraction of sp³-hybridized carbons (Fsp3) is 0.154. The van der Waals surface area contributed by atoms with E-state index in [-0.39, 0.29) is 11.3 Å². The molecule has 0 spiro atoms. The van der Waals surface area contributed by atoms with Gasteiger partial charge < -0.3 is 9.47 Å². The van der Waals surface area contributed by atoms with Crippen LogP contribution >= 0.6 is 0 Å². The van der Waals surface area contributed by atoms with Gasteiger partial charge in [0.15, 0.2) is 11.8 Å². The van der Waals surface area contributed by atoms with Crippen LogP contribution in [0.5, 0.6) is 0 Å². The van der Waals surface area contributed by atoms with Gasteiger partial charge in [0.2, 0.25) is 0 Å². The molecule has 1 aromatic carbocycles. The van der Waals surface area contributed by atoms with Gasteiger partial charge >= 0.3 is 11.9 Å². The summed E-state index contributed by atoms with van der Waals surface area (Å²) in [5.41, 5.74) is 0.392. The largest absolute Gasteiger partial charge is 0.464 e. The molecule has 3 rings (SSSR count). The Labute approximate surface area is 112 Å². The van der Waals surface area contributed by atoms with Gasteiger partial charge in [-0.15, -0.1) is 0 Å². The lowest BCUT2D eigenvalue weighted by molar-refractivity contribution is 0.0441. The average Bonchev–Trinajstić information content (AvgIpc) is 2.99. The minimum absolute atomic E-state index is 0.0372. The minimum Gasteiger partial charge on any atom is -0.464 e. The van der Waals surface area contributed by atoms with Crippen molar-refractivity contribution < 1.29 is 19.1 Å². The fourth-order valence-corrected chi connectivity index (χ4v) is 2.24.